The number of hydrogen-bond donors (Lipinski definition) is 5. The maximum absolute atomic E-state index is 15.6. The second kappa shape index (κ2) is 13.9. The number of phenols is 2. The van der Waals surface area contributed by atoms with Crippen molar-refractivity contribution in [2.24, 2.45) is 11.8 Å². The molecule has 2 amide bonds. The van der Waals surface area contributed by atoms with Gasteiger partial charge in [-0.05, 0) is 86.3 Å². The van der Waals surface area contributed by atoms with Crippen molar-refractivity contribution < 1.29 is 39.2 Å². The van der Waals surface area contributed by atoms with E-state index in [1.54, 1.807) is 24.3 Å². The van der Waals surface area contributed by atoms with E-state index >= 15 is 4.79 Å². The van der Waals surface area contributed by atoms with Gasteiger partial charge in [-0.25, -0.2) is 0 Å². The number of methoxy groups -OCH3 is 2. The number of carbonyl (C=O) groups is 3. The van der Waals surface area contributed by atoms with Crippen LogP contribution in [0.25, 0.3) is 0 Å². The average Bonchev–Trinajstić information content (AvgIpc) is 3.94. The fourth-order valence-corrected chi connectivity index (χ4v) is 12.3. The van der Waals surface area contributed by atoms with E-state index in [9.17, 15) is 24.9 Å². The van der Waals surface area contributed by atoms with E-state index in [4.69, 9.17) is 9.47 Å². The number of amides is 2. The number of hydrogen-bond acceptors (Lipinski definition) is 10. The molecule has 0 bridgehead atoms. The summed E-state index contributed by atoms with van der Waals surface area (Å²) in [6.45, 7) is 1.18. The first-order valence-corrected chi connectivity index (χ1v) is 20.7. The third kappa shape index (κ3) is 5.11. The summed E-state index contributed by atoms with van der Waals surface area (Å²) in [6, 6.07) is 24.9. The highest BCUT2D eigenvalue weighted by atomic mass is 16.5. The Morgan fingerprint density at radius 3 is 1.97 bits per heavy atom. The molecule has 0 aliphatic carbocycles. The molecule has 4 aromatic carbocycles. The SMILES string of the molecule is COc1ccc(C2C3CCCCN3C3(C(=O)Nc4ccccc43)C2/C(O)=C/C(=O)C2C3CCCCN3C3(C(=O)Nc4ccccc43)C2c2ccc(O)c(OC)c2)cc1O. The molecular weight excluding hydrogens is 749 g/mol. The molecule has 59 heavy (non-hydrogen) atoms. The molecule has 0 radical (unpaired) electrons. The molecule has 6 heterocycles. The van der Waals surface area contributed by atoms with E-state index in [0.29, 0.717) is 42.2 Å². The van der Waals surface area contributed by atoms with Gasteiger partial charge in [-0.2, -0.15) is 0 Å². The maximum Gasteiger partial charge on any atom is 0.250 e. The number of phenolic OH excluding ortho intramolecular Hbond substituents is 2. The van der Waals surface area contributed by atoms with Crippen LogP contribution in [0, 0.1) is 11.8 Å². The minimum Gasteiger partial charge on any atom is -0.512 e. The number of aliphatic hydroxyl groups is 1. The van der Waals surface area contributed by atoms with Gasteiger partial charge in [0.15, 0.2) is 28.8 Å². The van der Waals surface area contributed by atoms with Crippen molar-refractivity contribution in [1.82, 2.24) is 9.80 Å². The van der Waals surface area contributed by atoms with Gasteiger partial charge >= 0.3 is 0 Å². The van der Waals surface area contributed by atoms with Gasteiger partial charge in [-0.3, -0.25) is 24.2 Å². The van der Waals surface area contributed by atoms with Crippen LogP contribution in [0.1, 0.15) is 72.6 Å². The number of fused-ring (bicyclic) bond motifs is 8. The van der Waals surface area contributed by atoms with Gasteiger partial charge in [0.1, 0.15) is 16.8 Å². The van der Waals surface area contributed by atoms with Crippen molar-refractivity contribution in [2.75, 3.05) is 37.9 Å². The van der Waals surface area contributed by atoms with Crippen molar-refractivity contribution in [2.45, 2.75) is 73.5 Å². The van der Waals surface area contributed by atoms with Crippen molar-refractivity contribution in [1.29, 1.82) is 0 Å². The number of ketones is 1. The van der Waals surface area contributed by atoms with Crippen molar-refractivity contribution in [3.63, 3.8) is 0 Å². The van der Waals surface area contributed by atoms with Crippen LogP contribution in [0.3, 0.4) is 0 Å². The van der Waals surface area contributed by atoms with E-state index in [0.717, 1.165) is 48.8 Å². The number of anilines is 2. The van der Waals surface area contributed by atoms with E-state index in [2.05, 4.69) is 20.4 Å². The Morgan fingerprint density at radius 2 is 1.31 bits per heavy atom. The number of allylic oxidation sites excluding steroid dienone is 1. The molecule has 8 unspecified atom stereocenters. The topological polar surface area (TPSA) is 161 Å². The zero-order valence-electron chi connectivity index (χ0n) is 33.1. The number of nitrogens with one attached hydrogen (secondary N) is 2. The van der Waals surface area contributed by atoms with Crippen LogP contribution in [0.5, 0.6) is 23.0 Å². The summed E-state index contributed by atoms with van der Waals surface area (Å²) >= 11 is 0. The average molecular weight is 797 g/mol. The van der Waals surface area contributed by atoms with E-state index in [-0.39, 0.29) is 52.7 Å². The summed E-state index contributed by atoms with van der Waals surface area (Å²) < 4.78 is 11.0. The zero-order chi connectivity index (χ0) is 40.8. The number of piperidine rings is 2. The molecule has 2 spiro atoms. The molecule has 6 aliphatic rings. The predicted octanol–water partition coefficient (Wildman–Crippen LogP) is 6.66. The Hall–Kier alpha value is -5.85. The Balaban J connectivity index is 1.18. The number of carbonyl (C=O) groups excluding carboxylic acids is 3. The van der Waals surface area contributed by atoms with Crippen LogP contribution in [-0.4, -0.2) is 82.1 Å². The van der Waals surface area contributed by atoms with Gasteiger partial charge in [0.25, 0.3) is 0 Å². The van der Waals surface area contributed by atoms with Crippen LogP contribution < -0.4 is 20.1 Å². The fourth-order valence-electron chi connectivity index (χ4n) is 12.3. The molecular formula is C47H48N4O8. The zero-order valence-corrected chi connectivity index (χ0v) is 33.1. The third-order valence-electron chi connectivity index (χ3n) is 14.4. The normalized spacial score (nSPS) is 31.1. The van der Waals surface area contributed by atoms with Crippen molar-refractivity contribution in [3.05, 3.63) is 119 Å². The highest BCUT2D eigenvalue weighted by molar-refractivity contribution is 6.09. The lowest BCUT2D eigenvalue weighted by Gasteiger charge is -2.41. The summed E-state index contributed by atoms with van der Waals surface area (Å²) in [5, 5.41) is 41.0. The number of ether oxygens (including phenoxy) is 2. The summed E-state index contributed by atoms with van der Waals surface area (Å²) in [4.78, 5) is 49.6. The van der Waals surface area contributed by atoms with Crippen LogP contribution >= 0.6 is 0 Å². The quantitative estimate of drug-likeness (QED) is 0.101. The lowest BCUT2D eigenvalue weighted by molar-refractivity contribution is -0.130. The molecule has 5 N–H and O–H groups in total. The Bertz CT molecular complexity index is 2430. The minimum absolute atomic E-state index is 0.0567. The second-order valence-corrected chi connectivity index (χ2v) is 16.9. The summed E-state index contributed by atoms with van der Waals surface area (Å²) in [7, 11) is 2.95. The predicted molar refractivity (Wildman–Crippen MR) is 220 cm³/mol. The number of para-hydroxylation sites is 2. The molecule has 12 heteroatoms. The number of rotatable bonds is 7. The second-order valence-electron chi connectivity index (χ2n) is 16.9. The highest BCUT2D eigenvalue weighted by Crippen LogP contribution is 2.64. The molecule has 4 saturated heterocycles. The molecule has 0 saturated carbocycles. The Morgan fingerprint density at radius 1 is 0.712 bits per heavy atom. The summed E-state index contributed by atoms with van der Waals surface area (Å²) in [5.41, 5.74) is 1.61. The number of benzene rings is 4. The summed E-state index contributed by atoms with van der Waals surface area (Å²) in [5.74, 6) is -3.64. The van der Waals surface area contributed by atoms with Crippen LogP contribution in [0.2, 0.25) is 0 Å². The monoisotopic (exact) mass is 796 g/mol. The van der Waals surface area contributed by atoms with E-state index in [1.165, 1.54) is 26.4 Å². The first-order chi connectivity index (χ1) is 28.7. The van der Waals surface area contributed by atoms with Gasteiger partial charge < -0.3 is 35.4 Å². The molecule has 0 aromatic heterocycles. The third-order valence-corrected chi connectivity index (χ3v) is 14.4. The van der Waals surface area contributed by atoms with Crippen LogP contribution in [-0.2, 0) is 25.5 Å². The van der Waals surface area contributed by atoms with Gasteiger partial charge in [-0.1, -0.05) is 61.4 Å². The van der Waals surface area contributed by atoms with Gasteiger partial charge in [0.05, 0.1) is 20.1 Å². The van der Waals surface area contributed by atoms with Gasteiger partial charge in [-0.15, -0.1) is 0 Å². The van der Waals surface area contributed by atoms with E-state index < -0.39 is 34.7 Å². The first kappa shape index (κ1) is 37.4. The smallest absolute Gasteiger partial charge is 0.250 e. The minimum atomic E-state index is -1.36. The lowest BCUT2D eigenvalue weighted by Crippen LogP contribution is -2.54. The standard InChI is InChI=1S/C47H48N4O8/c1-58-38-20-18-26(23-35(38)53)40-32-15-7-9-21-50(32)47(29-12-4-6-14-31(29)49-45(47)57)43(40)37(55)25-36(54)41-33-16-8-10-22-51(33)46(28-11-3-5-13-30(28)48-44(46)56)42(41)27-17-19-34(52)39(24-27)59-2/h3-6,11-14,17-20,23-25,32-33,40-43,52-53,55H,7-10,15-16,21-22H2,1-2H3,(H,48,56)(H,49,57)/b37-25-. The molecule has 304 valence electrons. The highest BCUT2D eigenvalue weighted by Gasteiger charge is 2.70. The van der Waals surface area contributed by atoms with Crippen LogP contribution in [0.4, 0.5) is 11.4 Å². The van der Waals surface area contributed by atoms with Gasteiger partial charge in [0.2, 0.25) is 11.8 Å². The maximum atomic E-state index is 15.6. The summed E-state index contributed by atoms with van der Waals surface area (Å²) in [6.07, 6.45) is 6.21. The Labute approximate surface area is 342 Å². The molecule has 4 fully saturated rings. The number of aliphatic hydroxyl groups excluding tert-OH is 1. The Kier molecular flexibility index (Phi) is 8.80. The largest absolute Gasteiger partial charge is 0.512 e. The first-order valence-electron chi connectivity index (χ1n) is 20.7. The van der Waals surface area contributed by atoms with Gasteiger partial charge in [0, 0.05) is 58.4 Å². The fraction of sp³-hybridized carbons (Fsp3) is 0.383. The molecule has 4 aromatic rings. The number of aromatic hydroxyl groups is 2. The van der Waals surface area contributed by atoms with E-state index in [1.807, 2.05) is 54.6 Å². The van der Waals surface area contributed by atoms with Crippen molar-refractivity contribution >= 4 is 29.0 Å². The lowest BCUT2D eigenvalue weighted by atomic mass is 9.68. The molecule has 10 rings (SSSR count). The number of nitrogens with zero attached hydrogens (tertiary/aromatic N) is 2. The molecule has 8 atom stereocenters. The van der Waals surface area contributed by atoms with Crippen LogP contribution in [0.15, 0.2) is 96.8 Å². The molecule has 6 aliphatic heterocycles. The van der Waals surface area contributed by atoms with Crippen molar-refractivity contribution in [3.8, 4) is 23.0 Å². The molecule has 12 nitrogen and oxygen atoms in total.